The van der Waals surface area contributed by atoms with Gasteiger partial charge in [0.05, 0.1) is 5.69 Å². The second kappa shape index (κ2) is 7.92. The maximum atomic E-state index is 13.1. The summed E-state index contributed by atoms with van der Waals surface area (Å²) in [6, 6.07) is 5.47. The van der Waals surface area contributed by atoms with Crippen LogP contribution >= 0.6 is 23.2 Å². The van der Waals surface area contributed by atoms with Crippen LogP contribution in [0.25, 0.3) is 0 Å². The molecule has 2 aliphatic heterocycles. The third kappa shape index (κ3) is 3.93. The quantitative estimate of drug-likeness (QED) is 0.311. The Kier molecular flexibility index (Phi) is 5.37. The van der Waals surface area contributed by atoms with E-state index in [-0.39, 0.29) is 24.0 Å². The number of anilines is 3. The zero-order valence-electron chi connectivity index (χ0n) is 16.7. The van der Waals surface area contributed by atoms with Crippen molar-refractivity contribution in [2.45, 2.75) is 37.3 Å². The molecule has 34 heavy (non-hydrogen) atoms. The van der Waals surface area contributed by atoms with Gasteiger partial charge in [-0.1, -0.05) is 29.3 Å². The van der Waals surface area contributed by atoms with Gasteiger partial charge in [0.2, 0.25) is 11.9 Å². The van der Waals surface area contributed by atoms with E-state index in [4.69, 9.17) is 23.2 Å². The number of rotatable bonds is 3. The minimum atomic E-state index is -4.80. The molecule has 2 bridgehead atoms. The highest BCUT2D eigenvalue weighted by molar-refractivity contribution is 6.30. The highest BCUT2D eigenvalue weighted by Gasteiger charge is 2.39. The molecule has 5 rings (SSSR count). The molecule has 0 amide bonds. The second-order valence-corrected chi connectivity index (χ2v) is 8.46. The summed E-state index contributed by atoms with van der Waals surface area (Å²) in [6.07, 6.45) is -6.76. The fourth-order valence-corrected chi connectivity index (χ4v) is 4.64. The molecule has 178 valence electrons. The van der Waals surface area contributed by atoms with Crippen LogP contribution in [0, 0.1) is 0 Å². The highest BCUT2D eigenvalue weighted by Crippen LogP contribution is 2.47. The van der Waals surface area contributed by atoms with E-state index in [0.29, 0.717) is 18.1 Å². The molecule has 1 saturated heterocycles. The van der Waals surface area contributed by atoms with Crippen molar-refractivity contribution in [1.82, 2.24) is 25.3 Å². The Morgan fingerprint density at radius 2 is 1.29 bits per heavy atom. The van der Waals surface area contributed by atoms with E-state index in [1.54, 1.807) is 12.1 Å². The average Bonchev–Trinajstić information content (AvgIpc) is 3.35. The standard InChI is InChI=1S/C20H12Cl2F6N6/c21-15-11(19(23,24)25)6-29-17(32-15)34(18-30-7-12(16(22)33-18)20(26,27)28)8-1-2-9-10(5-8)14-4-3-13(9)31-14/h1-2,5-7,13-14,31H,3-4H2/t13-,14+/m0/s1. The molecule has 6 nitrogen and oxygen atoms in total. The van der Waals surface area contributed by atoms with Crippen LogP contribution in [-0.4, -0.2) is 19.9 Å². The molecule has 2 atom stereocenters. The van der Waals surface area contributed by atoms with E-state index < -0.39 is 33.8 Å². The van der Waals surface area contributed by atoms with Gasteiger partial charge in [0.15, 0.2) is 0 Å². The molecule has 1 N–H and O–H groups in total. The lowest BCUT2D eigenvalue weighted by atomic mass is 9.91. The van der Waals surface area contributed by atoms with Crippen molar-refractivity contribution in [2.75, 3.05) is 4.90 Å². The number of nitrogens with one attached hydrogen (secondary N) is 1. The number of alkyl halides is 6. The molecular formula is C20H12Cl2F6N6. The first-order chi connectivity index (χ1) is 15.9. The van der Waals surface area contributed by atoms with Crippen LogP contribution in [0.1, 0.15) is 47.2 Å². The molecule has 3 aromatic rings. The summed E-state index contributed by atoms with van der Waals surface area (Å²) >= 11 is 11.5. The van der Waals surface area contributed by atoms with Crippen molar-refractivity contribution in [2.24, 2.45) is 0 Å². The second-order valence-electron chi connectivity index (χ2n) is 7.74. The Balaban J connectivity index is 1.65. The van der Waals surface area contributed by atoms with Gasteiger partial charge in [0.1, 0.15) is 21.4 Å². The highest BCUT2D eigenvalue weighted by atomic mass is 35.5. The third-order valence-electron chi connectivity index (χ3n) is 5.70. The first-order valence-corrected chi connectivity index (χ1v) is 10.6. The van der Waals surface area contributed by atoms with Crippen molar-refractivity contribution in [3.05, 3.63) is 63.2 Å². The maximum absolute atomic E-state index is 13.1. The maximum Gasteiger partial charge on any atom is 0.420 e. The molecule has 1 fully saturated rings. The summed E-state index contributed by atoms with van der Waals surface area (Å²) in [5, 5.41) is 1.66. The van der Waals surface area contributed by atoms with E-state index >= 15 is 0 Å². The lowest BCUT2D eigenvalue weighted by Crippen LogP contribution is -2.19. The molecule has 0 spiro atoms. The van der Waals surface area contributed by atoms with Crippen LogP contribution < -0.4 is 10.2 Å². The Morgan fingerprint density at radius 1 is 0.794 bits per heavy atom. The zero-order valence-corrected chi connectivity index (χ0v) is 18.2. The number of benzene rings is 1. The van der Waals surface area contributed by atoms with Crippen LogP contribution in [0.4, 0.5) is 43.9 Å². The molecule has 2 aliphatic rings. The normalized spacial score (nSPS) is 19.4. The summed E-state index contributed by atoms with van der Waals surface area (Å²) in [7, 11) is 0. The largest absolute Gasteiger partial charge is 0.420 e. The fourth-order valence-electron chi connectivity index (χ4n) is 4.17. The monoisotopic (exact) mass is 520 g/mol. The van der Waals surface area contributed by atoms with Crippen LogP contribution in [0.3, 0.4) is 0 Å². The predicted molar refractivity (Wildman–Crippen MR) is 110 cm³/mol. The van der Waals surface area contributed by atoms with E-state index in [0.717, 1.165) is 28.9 Å². The molecule has 1 aromatic carbocycles. The number of halogens is 8. The van der Waals surface area contributed by atoms with Crippen molar-refractivity contribution in [3.63, 3.8) is 0 Å². The topological polar surface area (TPSA) is 66.8 Å². The van der Waals surface area contributed by atoms with Crippen LogP contribution in [-0.2, 0) is 12.4 Å². The van der Waals surface area contributed by atoms with Gasteiger partial charge < -0.3 is 5.32 Å². The number of fused-ring (bicyclic) bond motifs is 5. The van der Waals surface area contributed by atoms with Crippen LogP contribution in [0.15, 0.2) is 30.6 Å². The smallest absolute Gasteiger partial charge is 0.303 e. The van der Waals surface area contributed by atoms with Gasteiger partial charge in [-0.15, -0.1) is 0 Å². The van der Waals surface area contributed by atoms with E-state index in [9.17, 15) is 26.3 Å². The van der Waals surface area contributed by atoms with Crippen LogP contribution in [0.2, 0.25) is 10.3 Å². The summed E-state index contributed by atoms with van der Waals surface area (Å²) in [6.45, 7) is 0. The van der Waals surface area contributed by atoms with Crippen molar-refractivity contribution in [3.8, 4) is 0 Å². The van der Waals surface area contributed by atoms with Gasteiger partial charge in [-0.2, -0.15) is 36.3 Å². The number of nitrogens with zero attached hydrogens (tertiary/aromatic N) is 5. The minimum Gasteiger partial charge on any atom is -0.303 e. The molecule has 0 saturated carbocycles. The first kappa shape index (κ1) is 23.1. The van der Waals surface area contributed by atoms with E-state index in [2.05, 4.69) is 25.3 Å². The summed E-state index contributed by atoms with van der Waals surface area (Å²) in [5.41, 5.74) is -0.188. The fraction of sp³-hybridized carbons (Fsp3) is 0.300. The van der Waals surface area contributed by atoms with E-state index in [1.807, 2.05) is 6.07 Å². The SMILES string of the molecule is FC(F)(F)c1cnc(N(c2ccc3c(c2)[C@H]2CC[C@@H]3N2)c2ncc(C(F)(F)F)c(Cl)n2)nc1Cl. The summed E-state index contributed by atoms with van der Waals surface area (Å²) in [5.74, 6) is -0.741. The van der Waals surface area contributed by atoms with Gasteiger partial charge in [-0.05, 0) is 36.1 Å². The third-order valence-corrected chi connectivity index (χ3v) is 6.27. The van der Waals surface area contributed by atoms with E-state index in [1.165, 1.54) is 0 Å². The molecule has 4 heterocycles. The molecule has 14 heteroatoms. The summed E-state index contributed by atoms with van der Waals surface area (Å²) in [4.78, 5) is 16.1. The Hall–Kier alpha value is -2.70. The van der Waals surface area contributed by atoms with Crippen molar-refractivity contribution < 1.29 is 26.3 Å². The molecule has 2 aromatic heterocycles. The van der Waals surface area contributed by atoms with Gasteiger partial charge in [-0.3, -0.25) is 0 Å². The number of hydrogen-bond donors (Lipinski definition) is 1. The molecular weight excluding hydrogens is 509 g/mol. The van der Waals surface area contributed by atoms with Gasteiger partial charge >= 0.3 is 12.4 Å². The van der Waals surface area contributed by atoms with Crippen LogP contribution in [0.5, 0.6) is 0 Å². The Labute approximate surface area is 198 Å². The average molecular weight is 521 g/mol. The molecule has 0 unspecified atom stereocenters. The minimum absolute atomic E-state index is 0.0797. The molecule has 0 radical (unpaired) electrons. The van der Waals surface area contributed by atoms with Gasteiger partial charge in [-0.25, -0.2) is 14.9 Å². The van der Waals surface area contributed by atoms with Crippen molar-refractivity contribution >= 4 is 40.8 Å². The Bertz CT molecular complexity index is 1220. The number of aromatic nitrogens is 4. The van der Waals surface area contributed by atoms with Gasteiger partial charge in [0, 0.05) is 24.5 Å². The lowest BCUT2D eigenvalue weighted by Gasteiger charge is -2.24. The lowest BCUT2D eigenvalue weighted by molar-refractivity contribution is -0.138. The van der Waals surface area contributed by atoms with Crippen molar-refractivity contribution in [1.29, 1.82) is 0 Å². The summed E-state index contributed by atoms with van der Waals surface area (Å²) < 4.78 is 78.8. The predicted octanol–water partition coefficient (Wildman–Crippen LogP) is 6.56. The number of hydrogen-bond acceptors (Lipinski definition) is 6. The molecule has 0 aliphatic carbocycles. The Morgan fingerprint density at radius 3 is 1.76 bits per heavy atom. The van der Waals surface area contributed by atoms with Gasteiger partial charge in [0.25, 0.3) is 0 Å². The zero-order chi connectivity index (χ0) is 24.4. The first-order valence-electron chi connectivity index (χ1n) is 9.83.